The number of hydrogen-bond donors (Lipinski definition) is 3. The Morgan fingerprint density at radius 3 is 1.85 bits per heavy atom. The summed E-state index contributed by atoms with van der Waals surface area (Å²) < 4.78 is 121. The number of nitrogens with zero attached hydrogens (tertiary/aromatic N) is 9. The smallest absolute Gasteiger partial charge is 0.379 e. The normalized spacial score (nSPS) is 32.1. The minimum atomic E-state index is -5.21. The summed E-state index contributed by atoms with van der Waals surface area (Å²) in [5.41, 5.74) is -2.32. The molecule has 110 heavy (non-hydrogen) atoms. The second-order valence-corrected chi connectivity index (χ2v) is 33.4. The molecule has 3 aliphatic heterocycles. The third-order valence-electron chi connectivity index (χ3n) is 24.4. The van der Waals surface area contributed by atoms with E-state index in [0.29, 0.717) is 38.5 Å². The van der Waals surface area contributed by atoms with Crippen LogP contribution in [0.2, 0.25) is 0 Å². The molecular weight excluding hydrogens is 1450 g/mol. The van der Waals surface area contributed by atoms with E-state index in [1.807, 2.05) is 20.8 Å². The van der Waals surface area contributed by atoms with Crippen LogP contribution < -0.4 is 16.0 Å². The van der Waals surface area contributed by atoms with Gasteiger partial charge in [0.25, 0.3) is 0 Å². The molecule has 7 rings (SSSR count). The van der Waals surface area contributed by atoms with Crippen molar-refractivity contribution in [3.8, 4) is 0 Å². The molecule has 0 radical (unpaired) electrons. The number of alkyl halides is 8. The van der Waals surface area contributed by atoms with Gasteiger partial charge in [0.2, 0.25) is 70.9 Å². The highest BCUT2D eigenvalue weighted by atomic mass is 19.4. The topological polar surface area (TPSA) is 279 Å². The van der Waals surface area contributed by atoms with Gasteiger partial charge in [-0.3, -0.25) is 57.5 Å². The Bertz CT molecular complexity index is 3300. The van der Waals surface area contributed by atoms with E-state index in [2.05, 4.69) is 16.0 Å². The van der Waals surface area contributed by atoms with Gasteiger partial charge in [0.05, 0.1) is 32.0 Å². The Labute approximate surface area is 642 Å². The number of likely N-dealkylation sites (N-methyl/N-ethyl adjacent to an activating group) is 7. The summed E-state index contributed by atoms with van der Waals surface area (Å²) in [5.74, 6) is -17.3. The highest BCUT2D eigenvalue weighted by Gasteiger charge is 2.60. The predicted molar refractivity (Wildman–Crippen MR) is 390 cm³/mol. The zero-order chi connectivity index (χ0) is 82.0. The van der Waals surface area contributed by atoms with Gasteiger partial charge < -0.3 is 64.8 Å². The van der Waals surface area contributed by atoms with Gasteiger partial charge in [0.15, 0.2) is 0 Å². The van der Waals surface area contributed by atoms with Gasteiger partial charge in [-0.2, -0.15) is 26.3 Å². The summed E-state index contributed by atoms with van der Waals surface area (Å²) in [6, 6.07) is -11.5. The molecule has 25 nitrogen and oxygen atoms in total. The fraction of sp³-hybridized carbons (Fsp3) is 0.818. The molecule has 622 valence electrons. The molecular formula is C77H120F8N12O13. The number of carbonyl (C=O) groups excluding carboxylic acids is 12. The Balaban J connectivity index is 1.33. The van der Waals surface area contributed by atoms with Crippen LogP contribution in [0.3, 0.4) is 0 Å². The van der Waals surface area contributed by atoms with Crippen molar-refractivity contribution in [1.29, 1.82) is 0 Å². The molecule has 12 amide bonds. The number of amides is 12. The van der Waals surface area contributed by atoms with E-state index in [1.54, 1.807) is 39.8 Å². The summed E-state index contributed by atoms with van der Waals surface area (Å²) in [4.78, 5) is 193. The van der Waals surface area contributed by atoms with E-state index < -0.39 is 242 Å². The van der Waals surface area contributed by atoms with Crippen molar-refractivity contribution in [2.24, 2.45) is 46.8 Å². The number of carbonyl (C=O) groups is 12. The van der Waals surface area contributed by atoms with Crippen LogP contribution in [0.25, 0.3) is 0 Å². The quantitative estimate of drug-likeness (QED) is 0.117. The van der Waals surface area contributed by atoms with Crippen LogP contribution in [0.5, 0.6) is 0 Å². The monoisotopic (exact) mass is 1570 g/mol. The van der Waals surface area contributed by atoms with Crippen molar-refractivity contribution in [2.75, 3.05) is 95.3 Å². The molecule has 3 heterocycles. The van der Waals surface area contributed by atoms with E-state index in [1.165, 1.54) is 68.9 Å². The minimum Gasteiger partial charge on any atom is -0.379 e. The maximum atomic E-state index is 15.8. The maximum absolute atomic E-state index is 15.8. The first-order chi connectivity index (χ1) is 51.4. The predicted octanol–water partition coefficient (Wildman–Crippen LogP) is 6.99. The molecule has 2 bridgehead atoms. The van der Waals surface area contributed by atoms with Gasteiger partial charge in [-0.15, -0.1) is 0 Å². The first-order valence-corrected chi connectivity index (χ1v) is 39.4. The zero-order valence-corrected chi connectivity index (χ0v) is 66.6. The van der Waals surface area contributed by atoms with E-state index in [-0.39, 0.29) is 96.9 Å². The van der Waals surface area contributed by atoms with Crippen molar-refractivity contribution >= 4 is 70.9 Å². The van der Waals surface area contributed by atoms with Crippen molar-refractivity contribution in [3.05, 3.63) is 12.2 Å². The first kappa shape index (κ1) is 90.0. The summed E-state index contributed by atoms with van der Waals surface area (Å²) in [6.45, 7) is 10.5. The Morgan fingerprint density at radius 1 is 0.664 bits per heavy atom. The largest absolute Gasteiger partial charge is 0.397 e. The van der Waals surface area contributed by atoms with E-state index in [4.69, 9.17) is 4.74 Å². The molecule has 7 aliphatic rings. The molecule has 0 aromatic heterocycles. The minimum absolute atomic E-state index is 0.00129. The standard InChI is InChI=1S/C77H120F8N12O13/c1-15-32-89(8)68(104)56-38-60(99)93(12)58(42-110-17-3)65(101)87-63(46(5)16-2)71(107)91(10)41-61(100)92(11)54-25-19-18-22-33-96(70(54)106)57(37-47-26-29-50(30-27-47)76(80,81)82)69(105)90(9)40-59(98)86-53(31-28-48-35-51(78)62(52(79)36-48)77(83,84)85)67(103)97-39-45(4)34-55(97)66(102)88-75(43-74(6,7)44-75)73(109)95(14)64(72(108)94(56)13)49-23-20-21-24-49/h18-19,45-58,62-64H,15-17,20-44H2,1-14H3,(H,86,98)(H,87,101)(H,88,102)/b19-18-/t45-,46-,47?,48?,50?,51?,52?,53-,54-,55-,56-,57-,58-,62?,63-,64-/m0/s1. The number of hydrogen-bond acceptors (Lipinski definition) is 13. The van der Waals surface area contributed by atoms with Crippen molar-refractivity contribution in [2.45, 2.75) is 262 Å². The maximum Gasteiger partial charge on any atom is 0.397 e. The van der Waals surface area contributed by atoms with Gasteiger partial charge in [0.1, 0.15) is 72.1 Å². The van der Waals surface area contributed by atoms with Crippen LogP contribution in [-0.4, -0.2) is 289 Å². The number of halogens is 8. The van der Waals surface area contributed by atoms with Crippen LogP contribution in [0.4, 0.5) is 35.1 Å². The first-order valence-electron chi connectivity index (χ1n) is 39.4. The molecule has 33 heteroatoms. The Hall–Kier alpha value is -7.22. The van der Waals surface area contributed by atoms with Crippen LogP contribution in [-0.2, 0) is 62.3 Å². The average molecular weight is 1570 g/mol. The molecule has 1 spiro atoms. The van der Waals surface area contributed by atoms with Crippen LogP contribution in [0.15, 0.2) is 12.2 Å². The van der Waals surface area contributed by atoms with E-state index in [0.717, 1.165) is 24.5 Å². The van der Waals surface area contributed by atoms with Crippen LogP contribution >= 0.6 is 0 Å². The second-order valence-electron chi connectivity index (χ2n) is 33.4. The molecule has 4 aliphatic carbocycles. The number of nitrogens with one attached hydrogen (secondary N) is 3. The fourth-order valence-corrected chi connectivity index (χ4v) is 18.0. The molecule has 2 unspecified atom stereocenters. The summed E-state index contributed by atoms with van der Waals surface area (Å²) in [7, 11) is 9.46. The number of fused-ring (bicyclic) bond motifs is 3. The SMILES string of the molecule is CCCN(C)C(=O)[C@@H]1CC(=O)N(C)[C@@H](COCC)C(=O)N[C@@H]([C@@H](C)CC)C(=O)N(C)CC(=O)N(C)[C@H]2C/C=C\CCN(C2=O)[C@@H](CC2CCC(C(F)(F)F)CC2)C(=O)N(C)CC(=O)N[C@@H](CCC2CC(F)C(C(F)(F)F)C(F)C2)C(=O)N2C[C@@H](C)C[C@H]2C(=O)NC2(CC(C)(C)C2)C(=O)N(C)[C@@H](C2CCCC2)C(=O)N1C. The molecule has 0 aromatic rings. The lowest BCUT2D eigenvalue weighted by molar-refractivity contribution is -0.219. The molecule has 2 saturated heterocycles. The van der Waals surface area contributed by atoms with Crippen molar-refractivity contribution in [1.82, 2.24) is 60.0 Å². The van der Waals surface area contributed by atoms with Crippen LogP contribution in [0, 0.1) is 46.8 Å². The van der Waals surface area contributed by atoms with Gasteiger partial charge in [0, 0.05) is 75.6 Å². The third kappa shape index (κ3) is 21.8. The highest BCUT2D eigenvalue weighted by Crippen LogP contribution is 2.50. The van der Waals surface area contributed by atoms with Crippen molar-refractivity contribution < 1.29 is 97.4 Å². The van der Waals surface area contributed by atoms with E-state index >= 15 is 42.3 Å². The molecule has 0 aromatic carbocycles. The fourth-order valence-electron chi connectivity index (χ4n) is 18.0. The summed E-state index contributed by atoms with van der Waals surface area (Å²) >= 11 is 0. The highest BCUT2D eigenvalue weighted by molar-refractivity contribution is 6.01. The van der Waals surface area contributed by atoms with Crippen LogP contribution in [0.1, 0.15) is 183 Å². The number of ether oxygens (including phenoxy) is 1. The Kier molecular flexibility index (Phi) is 31.1. The molecule has 6 fully saturated rings. The second kappa shape index (κ2) is 38.1. The van der Waals surface area contributed by atoms with Gasteiger partial charge in [-0.05, 0) is 151 Å². The average Bonchev–Trinajstić information content (AvgIpc) is 0.989. The molecule has 4 saturated carbocycles. The van der Waals surface area contributed by atoms with E-state index in [9.17, 15) is 50.3 Å². The van der Waals surface area contributed by atoms with Gasteiger partial charge in [-0.25, -0.2) is 8.78 Å². The van der Waals surface area contributed by atoms with Gasteiger partial charge >= 0.3 is 12.4 Å². The van der Waals surface area contributed by atoms with Crippen molar-refractivity contribution in [3.63, 3.8) is 0 Å². The lowest BCUT2D eigenvalue weighted by atomic mass is 9.58. The lowest BCUT2D eigenvalue weighted by Crippen LogP contribution is -2.71. The zero-order valence-electron chi connectivity index (χ0n) is 66.6. The summed E-state index contributed by atoms with van der Waals surface area (Å²) in [5, 5.41) is 8.45. The Morgan fingerprint density at radius 2 is 1.28 bits per heavy atom. The molecule has 3 N–H and O–H groups in total. The lowest BCUT2D eigenvalue weighted by Gasteiger charge is -2.54. The number of rotatable bonds is 14. The molecule has 12 atom stereocenters. The summed E-state index contributed by atoms with van der Waals surface area (Å²) in [6.07, 6.45) is -12.2. The third-order valence-corrected chi connectivity index (χ3v) is 24.4. The van der Waals surface area contributed by atoms with Gasteiger partial charge in [-0.1, -0.05) is 73.0 Å².